The molecule has 130 valence electrons. The number of nitrogens with one attached hydrogen (secondary N) is 1. The summed E-state index contributed by atoms with van der Waals surface area (Å²) in [4.78, 5) is 0. The first-order valence-corrected chi connectivity index (χ1v) is 10.1. The van der Waals surface area contributed by atoms with E-state index >= 15 is 0 Å². The smallest absolute Gasteiger partial charge is 0.216 e. The maximum absolute atomic E-state index is 11.7. The highest BCUT2D eigenvalue weighted by Crippen LogP contribution is 2.29. The van der Waals surface area contributed by atoms with Crippen LogP contribution in [0, 0.1) is 11.7 Å². The summed E-state index contributed by atoms with van der Waals surface area (Å²) in [6.45, 7) is 3.76. The third-order valence-corrected chi connectivity index (χ3v) is 6.35. The van der Waals surface area contributed by atoms with Crippen LogP contribution < -0.4 is 0 Å². The van der Waals surface area contributed by atoms with Gasteiger partial charge in [0, 0.05) is 6.42 Å². The maximum atomic E-state index is 11.7. The molecule has 3 heterocycles. The van der Waals surface area contributed by atoms with Gasteiger partial charge in [0.15, 0.2) is 15.7 Å². The number of aromatic nitrogens is 5. The molecule has 1 fully saturated rings. The third kappa shape index (κ3) is 3.17. The molecular weight excluding hydrogens is 372 g/mol. The van der Waals surface area contributed by atoms with Crippen molar-refractivity contribution < 1.29 is 8.42 Å². The van der Waals surface area contributed by atoms with Gasteiger partial charge in [-0.2, -0.15) is 20.0 Å². The molecule has 1 N–H and O–H groups in total. The number of aryl methyl sites for hydroxylation is 2. The fourth-order valence-electron chi connectivity index (χ4n) is 2.68. The Morgan fingerprint density at radius 3 is 2.92 bits per heavy atom. The zero-order valence-corrected chi connectivity index (χ0v) is 15.6. The van der Waals surface area contributed by atoms with E-state index in [-0.39, 0.29) is 17.5 Å². The molecule has 0 spiro atoms. The maximum Gasteiger partial charge on any atom is 0.216 e. The summed E-state index contributed by atoms with van der Waals surface area (Å²) in [7, 11) is -3.01. The fourth-order valence-corrected chi connectivity index (χ4v) is 4.93. The molecule has 3 rings (SSSR count). The van der Waals surface area contributed by atoms with Gasteiger partial charge in [0.1, 0.15) is 5.15 Å². The molecule has 0 bridgehead atoms. The molecule has 0 amide bonds. The van der Waals surface area contributed by atoms with Crippen molar-refractivity contribution in [2.75, 3.05) is 11.5 Å². The first-order valence-electron chi connectivity index (χ1n) is 7.48. The van der Waals surface area contributed by atoms with Crippen molar-refractivity contribution in [1.82, 2.24) is 24.7 Å². The van der Waals surface area contributed by atoms with E-state index in [2.05, 4.69) is 20.4 Å². The van der Waals surface area contributed by atoms with Crippen LogP contribution in [0.25, 0.3) is 0 Å². The summed E-state index contributed by atoms with van der Waals surface area (Å²) < 4.78 is 26.8. The van der Waals surface area contributed by atoms with Crippen molar-refractivity contribution in [3.8, 4) is 0 Å². The Balaban J connectivity index is 1.94. The molecule has 8 nitrogen and oxygen atoms in total. The minimum atomic E-state index is -3.01. The Morgan fingerprint density at radius 2 is 2.29 bits per heavy atom. The number of aromatic amines is 1. The number of hydrogen-bond acceptors (Lipinski definition) is 6. The summed E-state index contributed by atoms with van der Waals surface area (Å²) in [6.07, 6.45) is 2.78. The highest BCUT2D eigenvalue weighted by molar-refractivity contribution is 7.91. The third-order valence-electron chi connectivity index (χ3n) is 3.96. The molecule has 2 aromatic rings. The van der Waals surface area contributed by atoms with Crippen molar-refractivity contribution in [2.24, 2.45) is 5.10 Å². The predicted octanol–water partition coefficient (Wildman–Crippen LogP) is 1.90. The van der Waals surface area contributed by atoms with E-state index in [4.69, 9.17) is 23.8 Å². The molecule has 1 aliphatic rings. The van der Waals surface area contributed by atoms with Crippen LogP contribution in [0.5, 0.6) is 0 Å². The Hall–Kier alpha value is -1.52. The second kappa shape index (κ2) is 6.41. The largest absolute Gasteiger partial charge is 0.250 e. The van der Waals surface area contributed by atoms with Gasteiger partial charge in [-0.25, -0.2) is 13.1 Å². The highest BCUT2D eigenvalue weighted by atomic mass is 35.5. The quantitative estimate of drug-likeness (QED) is 0.637. The first-order chi connectivity index (χ1) is 11.3. The summed E-state index contributed by atoms with van der Waals surface area (Å²) in [6, 6.07) is -0.231. The van der Waals surface area contributed by atoms with Crippen LogP contribution in [-0.2, 0) is 16.3 Å². The molecule has 11 heteroatoms. The highest BCUT2D eigenvalue weighted by Gasteiger charge is 2.31. The lowest BCUT2D eigenvalue weighted by Crippen LogP contribution is -2.12. The van der Waals surface area contributed by atoms with Gasteiger partial charge in [-0.1, -0.05) is 18.5 Å². The normalized spacial score (nSPS) is 20.2. The molecule has 0 aliphatic carbocycles. The Labute approximate surface area is 149 Å². The van der Waals surface area contributed by atoms with Gasteiger partial charge in [0.25, 0.3) is 0 Å². The van der Waals surface area contributed by atoms with E-state index in [1.165, 1.54) is 4.68 Å². The average molecular weight is 389 g/mol. The molecule has 0 unspecified atom stereocenters. The van der Waals surface area contributed by atoms with Gasteiger partial charge in [0.2, 0.25) is 4.77 Å². The summed E-state index contributed by atoms with van der Waals surface area (Å²) in [5.41, 5.74) is 1.33. The summed E-state index contributed by atoms with van der Waals surface area (Å²) >= 11 is 11.6. The van der Waals surface area contributed by atoms with E-state index < -0.39 is 9.84 Å². The molecule has 2 aromatic heterocycles. The SMILES string of the molecule is CCc1n[nH]c(=S)n1N=Cc1c(C)nn([C@@H]2CCS(=O)(=O)C2)c1Cl. The van der Waals surface area contributed by atoms with Gasteiger partial charge in [0.05, 0.1) is 35.0 Å². The first kappa shape index (κ1) is 17.3. The second-order valence-corrected chi connectivity index (χ2v) is 8.62. The zero-order chi connectivity index (χ0) is 17.5. The van der Waals surface area contributed by atoms with Crippen LogP contribution in [0.4, 0.5) is 0 Å². The van der Waals surface area contributed by atoms with E-state index in [0.717, 1.165) is 0 Å². The monoisotopic (exact) mass is 388 g/mol. The zero-order valence-electron chi connectivity index (χ0n) is 13.2. The van der Waals surface area contributed by atoms with E-state index in [0.29, 0.717) is 39.8 Å². The van der Waals surface area contributed by atoms with Crippen molar-refractivity contribution >= 4 is 39.9 Å². The summed E-state index contributed by atoms with van der Waals surface area (Å²) in [5.74, 6) is 0.941. The second-order valence-electron chi connectivity index (χ2n) is 5.65. The van der Waals surface area contributed by atoms with Gasteiger partial charge < -0.3 is 0 Å². The molecule has 1 aliphatic heterocycles. The van der Waals surface area contributed by atoms with Crippen molar-refractivity contribution in [2.45, 2.75) is 32.7 Å². The number of rotatable bonds is 4. The lowest BCUT2D eigenvalue weighted by Gasteiger charge is -2.09. The van der Waals surface area contributed by atoms with Gasteiger partial charge in [-0.3, -0.25) is 5.10 Å². The van der Waals surface area contributed by atoms with Crippen LogP contribution >= 0.6 is 23.8 Å². The topological polar surface area (TPSA) is 97.9 Å². The predicted molar refractivity (Wildman–Crippen MR) is 94.1 cm³/mol. The van der Waals surface area contributed by atoms with Crippen molar-refractivity contribution in [3.63, 3.8) is 0 Å². The van der Waals surface area contributed by atoms with Gasteiger partial charge in [-0.15, -0.1) is 0 Å². The van der Waals surface area contributed by atoms with E-state index in [1.807, 2.05) is 13.8 Å². The minimum Gasteiger partial charge on any atom is -0.250 e. The number of hydrogen-bond donors (Lipinski definition) is 1. The number of H-pyrrole nitrogens is 1. The van der Waals surface area contributed by atoms with E-state index in [1.54, 1.807) is 10.9 Å². The van der Waals surface area contributed by atoms with Crippen LogP contribution in [-0.4, -0.2) is 50.8 Å². The molecule has 1 saturated heterocycles. The average Bonchev–Trinajstić information content (AvgIpc) is 3.15. The fraction of sp³-hybridized carbons (Fsp3) is 0.538. The van der Waals surface area contributed by atoms with Gasteiger partial charge >= 0.3 is 0 Å². The van der Waals surface area contributed by atoms with Crippen molar-refractivity contribution in [3.05, 3.63) is 27.0 Å². The van der Waals surface area contributed by atoms with Crippen LogP contribution in [0.3, 0.4) is 0 Å². The Morgan fingerprint density at radius 1 is 1.54 bits per heavy atom. The molecule has 24 heavy (non-hydrogen) atoms. The van der Waals surface area contributed by atoms with Gasteiger partial charge in [-0.05, 0) is 25.6 Å². The van der Waals surface area contributed by atoms with E-state index in [9.17, 15) is 8.42 Å². The molecule has 0 radical (unpaired) electrons. The summed E-state index contributed by atoms with van der Waals surface area (Å²) in [5, 5.41) is 15.9. The Bertz CT molecular complexity index is 956. The Kier molecular flexibility index (Phi) is 4.63. The number of nitrogens with zero attached hydrogens (tertiary/aromatic N) is 5. The molecular formula is C13H17ClN6O2S2. The molecule has 0 aromatic carbocycles. The number of sulfone groups is 1. The molecule has 1 atom stereocenters. The van der Waals surface area contributed by atoms with Crippen LogP contribution in [0.15, 0.2) is 5.10 Å². The minimum absolute atomic E-state index is 0.0667. The lowest BCUT2D eigenvalue weighted by molar-refractivity contribution is 0.497. The van der Waals surface area contributed by atoms with Crippen LogP contribution in [0.2, 0.25) is 5.15 Å². The molecule has 0 saturated carbocycles. The lowest BCUT2D eigenvalue weighted by atomic mass is 10.2. The number of halogens is 1. The van der Waals surface area contributed by atoms with Crippen LogP contribution in [0.1, 0.15) is 36.5 Å². The standard InChI is InChI=1S/C13H17ClN6O2S2/c1-3-11-16-17-13(23)20(11)15-6-10-8(2)18-19(12(10)14)9-4-5-24(21,22)7-9/h6,9H,3-5,7H2,1-2H3,(H,17,23)/t9-/m1/s1. The van der Waals surface area contributed by atoms with Crippen molar-refractivity contribution in [1.29, 1.82) is 0 Å².